The van der Waals surface area contributed by atoms with Crippen LogP contribution >= 0.6 is 0 Å². The van der Waals surface area contributed by atoms with Crippen LogP contribution < -0.4 is 0 Å². The smallest absolute Gasteiger partial charge is 0.00987 e. The minimum atomic E-state index is 1.22. The number of benzene rings is 5. The van der Waals surface area contributed by atoms with Crippen molar-refractivity contribution in [2.24, 2.45) is 0 Å². The third-order valence-electron chi connectivity index (χ3n) is 5.04. The maximum atomic E-state index is 2.30. The van der Waals surface area contributed by atoms with Gasteiger partial charge in [-0.05, 0) is 49.5 Å². The molecule has 0 radical (unpaired) electrons. The zero-order chi connectivity index (χ0) is 17.3. The van der Waals surface area contributed by atoms with E-state index in [1.807, 2.05) is 6.07 Å². The summed E-state index contributed by atoms with van der Waals surface area (Å²) in [7, 11) is 0. The summed E-state index contributed by atoms with van der Waals surface area (Å²) in [6.07, 6.45) is 4.36. The lowest BCUT2D eigenvalue weighted by Crippen LogP contribution is -1.82. The van der Waals surface area contributed by atoms with Crippen LogP contribution in [-0.2, 0) is 0 Å². The zero-order valence-corrected chi connectivity index (χ0v) is 14.4. The summed E-state index contributed by atoms with van der Waals surface area (Å²) in [5.41, 5.74) is 2.44. The molecule has 0 heterocycles. The van der Waals surface area contributed by atoms with Gasteiger partial charge in [0, 0.05) is 0 Å². The van der Waals surface area contributed by atoms with Gasteiger partial charge >= 0.3 is 0 Å². The van der Waals surface area contributed by atoms with Crippen molar-refractivity contribution in [3.8, 4) is 0 Å². The van der Waals surface area contributed by atoms with Crippen molar-refractivity contribution in [1.82, 2.24) is 0 Å². The summed E-state index contributed by atoms with van der Waals surface area (Å²) in [5.74, 6) is 0. The molecule has 0 unspecified atom stereocenters. The molecule has 0 fully saturated rings. The SMILES string of the molecule is C(=Cc1ccc2ccc3c4ccccc4ccc3c2c1)c1ccccc1. The van der Waals surface area contributed by atoms with Crippen molar-refractivity contribution in [3.05, 3.63) is 108 Å². The molecule has 0 amide bonds. The van der Waals surface area contributed by atoms with Gasteiger partial charge in [-0.3, -0.25) is 0 Å². The minimum Gasteiger partial charge on any atom is -0.0622 e. The molecule has 0 bridgehead atoms. The van der Waals surface area contributed by atoms with Gasteiger partial charge in [-0.1, -0.05) is 103 Å². The monoisotopic (exact) mass is 330 g/mol. The van der Waals surface area contributed by atoms with Crippen molar-refractivity contribution in [2.75, 3.05) is 0 Å². The van der Waals surface area contributed by atoms with E-state index in [4.69, 9.17) is 0 Å². The van der Waals surface area contributed by atoms with E-state index in [0.29, 0.717) is 0 Å². The van der Waals surface area contributed by atoms with E-state index in [9.17, 15) is 0 Å². The highest BCUT2D eigenvalue weighted by molar-refractivity contribution is 6.17. The van der Waals surface area contributed by atoms with Crippen LogP contribution in [0.15, 0.2) is 97.1 Å². The summed E-state index contributed by atoms with van der Waals surface area (Å²) in [6, 6.07) is 34.7. The van der Waals surface area contributed by atoms with Gasteiger partial charge in [-0.15, -0.1) is 0 Å². The molecule has 0 heteroatoms. The fourth-order valence-electron chi connectivity index (χ4n) is 3.70. The van der Waals surface area contributed by atoms with Gasteiger partial charge in [0.15, 0.2) is 0 Å². The predicted molar refractivity (Wildman–Crippen MR) is 114 cm³/mol. The van der Waals surface area contributed by atoms with Crippen LogP contribution in [0.5, 0.6) is 0 Å². The van der Waals surface area contributed by atoms with E-state index in [1.165, 1.54) is 43.4 Å². The topological polar surface area (TPSA) is 0 Å². The Hall–Kier alpha value is -3.38. The van der Waals surface area contributed by atoms with Gasteiger partial charge in [-0.25, -0.2) is 0 Å². The molecule has 0 aliphatic carbocycles. The molecule has 0 spiro atoms. The molecule has 122 valence electrons. The van der Waals surface area contributed by atoms with Crippen LogP contribution in [0.3, 0.4) is 0 Å². The van der Waals surface area contributed by atoms with E-state index >= 15 is 0 Å². The first-order valence-electron chi connectivity index (χ1n) is 8.96. The normalized spacial score (nSPS) is 11.7. The molecule has 0 aliphatic rings. The Balaban J connectivity index is 1.70. The average molecular weight is 330 g/mol. The summed E-state index contributed by atoms with van der Waals surface area (Å²) in [4.78, 5) is 0. The van der Waals surface area contributed by atoms with E-state index in [0.717, 1.165) is 0 Å². The number of fused-ring (bicyclic) bond motifs is 5. The molecule has 0 atom stereocenters. The second-order valence-electron chi connectivity index (χ2n) is 6.67. The lowest BCUT2D eigenvalue weighted by atomic mass is 9.96. The fraction of sp³-hybridized carbons (Fsp3) is 0. The largest absolute Gasteiger partial charge is 0.0622 e. The van der Waals surface area contributed by atoms with Gasteiger partial charge in [0.25, 0.3) is 0 Å². The van der Waals surface area contributed by atoms with Crippen LogP contribution in [0.1, 0.15) is 11.1 Å². The highest BCUT2D eigenvalue weighted by atomic mass is 14.1. The van der Waals surface area contributed by atoms with Crippen molar-refractivity contribution in [1.29, 1.82) is 0 Å². The van der Waals surface area contributed by atoms with Gasteiger partial charge < -0.3 is 0 Å². The third kappa shape index (κ3) is 2.57. The third-order valence-corrected chi connectivity index (χ3v) is 5.04. The molecular formula is C26H18. The Morgan fingerprint density at radius 2 is 1.00 bits per heavy atom. The average Bonchev–Trinajstić information content (AvgIpc) is 2.72. The molecule has 26 heavy (non-hydrogen) atoms. The molecule has 5 aromatic carbocycles. The van der Waals surface area contributed by atoms with Gasteiger partial charge in [0.2, 0.25) is 0 Å². The second-order valence-corrected chi connectivity index (χ2v) is 6.67. The van der Waals surface area contributed by atoms with Crippen LogP contribution in [-0.4, -0.2) is 0 Å². The van der Waals surface area contributed by atoms with E-state index in [-0.39, 0.29) is 0 Å². The first kappa shape index (κ1) is 14.9. The molecule has 0 nitrogen and oxygen atoms in total. The lowest BCUT2D eigenvalue weighted by Gasteiger charge is -2.08. The molecule has 0 saturated heterocycles. The number of hydrogen-bond donors (Lipinski definition) is 0. The minimum absolute atomic E-state index is 1.22. The quantitative estimate of drug-likeness (QED) is 0.235. The first-order chi connectivity index (χ1) is 12.9. The maximum absolute atomic E-state index is 2.30. The van der Waals surface area contributed by atoms with Crippen LogP contribution in [0.4, 0.5) is 0 Å². The molecule has 0 aliphatic heterocycles. The molecule has 5 aromatic rings. The summed E-state index contributed by atoms with van der Waals surface area (Å²) < 4.78 is 0. The summed E-state index contributed by atoms with van der Waals surface area (Å²) >= 11 is 0. The van der Waals surface area contributed by atoms with Crippen molar-refractivity contribution < 1.29 is 0 Å². The van der Waals surface area contributed by atoms with Crippen molar-refractivity contribution in [2.45, 2.75) is 0 Å². The van der Waals surface area contributed by atoms with Crippen molar-refractivity contribution >= 4 is 44.5 Å². The van der Waals surface area contributed by atoms with E-state index in [1.54, 1.807) is 0 Å². The molecular weight excluding hydrogens is 312 g/mol. The Morgan fingerprint density at radius 1 is 0.385 bits per heavy atom. The van der Waals surface area contributed by atoms with Gasteiger partial charge in [0.05, 0.1) is 0 Å². The highest BCUT2D eigenvalue weighted by Gasteiger charge is 2.04. The Kier molecular flexibility index (Phi) is 3.54. The fourth-order valence-corrected chi connectivity index (χ4v) is 3.70. The van der Waals surface area contributed by atoms with Gasteiger partial charge in [-0.2, -0.15) is 0 Å². The van der Waals surface area contributed by atoms with E-state index < -0.39 is 0 Å². The van der Waals surface area contributed by atoms with Crippen molar-refractivity contribution in [3.63, 3.8) is 0 Å². The van der Waals surface area contributed by atoms with Gasteiger partial charge in [0.1, 0.15) is 0 Å². The number of rotatable bonds is 2. The first-order valence-corrected chi connectivity index (χ1v) is 8.96. The summed E-state index contributed by atoms with van der Waals surface area (Å²) in [6.45, 7) is 0. The highest BCUT2D eigenvalue weighted by Crippen LogP contribution is 2.31. The Labute approximate surface area is 153 Å². The van der Waals surface area contributed by atoms with Crippen LogP contribution in [0.2, 0.25) is 0 Å². The Bertz CT molecular complexity index is 1260. The van der Waals surface area contributed by atoms with Crippen LogP contribution in [0.25, 0.3) is 44.5 Å². The number of hydrogen-bond acceptors (Lipinski definition) is 0. The summed E-state index contributed by atoms with van der Waals surface area (Å²) in [5, 5.41) is 7.83. The second kappa shape index (κ2) is 6.16. The molecule has 0 saturated carbocycles. The predicted octanol–water partition coefficient (Wildman–Crippen LogP) is 7.32. The van der Waals surface area contributed by atoms with E-state index in [2.05, 4.69) is 103 Å². The van der Waals surface area contributed by atoms with Crippen LogP contribution in [0, 0.1) is 0 Å². The molecule has 0 aromatic heterocycles. The lowest BCUT2D eigenvalue weighted by molar-refractivity contribution is 1.66. The molecule has 5 rings (SSSR count). The molecule has 0 N–H and O–H groups in total. The maximum Gasteiger partial charge on any atom is -0.00987 e. The zero-order valence-electron chi connectivity index (χ0n) is 14.4. The Morgan fingerprint density at radius 3 is 1.85 bits per heavy atom. The standard InChI is InChI=1S/C26H18/c1-2-6-19(7-3-1)10-11-20-12-13-22-15-16-24-23-9-5-4-8-21(23)14-17-25(24)26(22)18-20/h1-18H.